The first-order chi connectivity index (χ1) is 15.3. The zero-order valence-corrected chi connectivity index (χ0v) is 16.9. The normalized spacial score (nSPS) is 15.8. The van der Waals surface area contributed by atoms with E-state index in [1.807, 2.05) is 24.3 Å². The first-order valence-electron chi connectivity index (χ1n) is 9.70. The Kier molecular flexibility index (Phi) is 5.74. The van der Waals surface area contributed by atoms with Crippen molar-refractivity contribution in [3.63, 3.8) is 0 Å². The monoisotopic (exact) mass is 448 g/mol. The molecule has 2 amide bonds. The third-order valence-electron chi connectivity index (χ3n) is 4.93. The summed E-state index contributed by atoms with van der Waals surface area (Å²) < 4.78 is 48.0. The van der Waals surface area contributed by atoms with E-state index in [4.69, 9.17) is 4.74 Å². The van der Waals surface area contributed by atoms with E-state index in [-0.39, 0.29) is 24.6 Å². The number of hydrogen-bond donors (Lipinski definition) is 1. The van der Waals surface area contributed by atoms with Gasteiger partial charge in [-0.1, -0.05) is 18.2 Å². The molecule has 8 nitrogen and oxygen atoms in total. The zero-order chi connectivity index (χ0) is 22.9. The highest BCUT2D eigenvalue weighted by Crippen LogP contribution is 2.36. The van der Waals surface area contributed by atoms with Crippen LogP contribution in [0.15, 0.2) is 48.5 Å². The van der Waals surface area contributed by atoms with Crippen LogP contribution in [0.5, 0.6) is 5.75 Å². The van der Waals surface area contributed by atoms with Crippen LogP contribution in [0.1, 0.15) is 12.5 Å². The van der Waals surface area contributed by atoms with E-state index in [0.717, 1.165) is 12.1 Å². The zero-order valence-electron chi connectivity index (χ0n) is 16.9. The van der Waals surface area contributed by atoms with E-state index in [0.29, 0.717) is 23.6 Å². The quantitative estimate of drug-likeness (QED) is 0.598. The van der Waals surface area contributed by atoms with Crippen LogP contribution in [0.4, 0.5) is 24.8 Å². The van der Waals surface area contributed by atoms with E-state index in [2.05, 4.69) is 15.0 Å². The van der Waals surface area contributed by atoms with Crippen molar-refractivity contribution in [2.45, 2.75) is 18.8 Å². The van der Waals surface area contributed by atoms with Crippen LogP contribution < -0.4 is 15.0 Å². The van der Waals surface area contributed by atoms with Crippen LogP contribution in [0.2, 0.25) is 0 Å². The molecule has 0 aliphatic carbocycles. The molecule has 3 aromatic rings. The standard InChI is InChI=1S/C21H19F3N4O4/c1-31-10-9-27-19(30)17(28-16-8-3-2-7-15(16)26-20(27)28)12-18(29)25-13-5-4-6-14(11-13)32-21(22,23)24/h2-8,11,17H,9-10,12H2,1H3,(H,25,29)/t17-/m0/s1. The number of aromatic nitrogens is 2. The Hall–Kier alpha value is -3.60. The van der Waals surface area contributed by atoms with Gasteiger partial charge in [-0.25, -0.2) is 4.98 Å². The lowest BCUT2D eigenvalue weighted by Crippen LogP contribution is -2.33. The maximum atomic E-state index is 13.1. The molecule has 0 unspecified atom stereocenters. The lowest BCUT2D eigenvalue weighted by atomic mass is 10.1. The van der Waals surface area contributed by atoms with Gasteiger partial charge in [0.05, 0.1) is 30.6 Å². The highest BCUT2D eigenvalue weighted by Gasteiger charge is 2.40. The maximum absolute atomic E-state index is 13.1. The van der Waals surface area contributed by atoms with Crippen LogP contribution in [-0.4, -0.2) is 48.0 Å². The Balaban J connectivity index is 1.56. The van der Waals surface area contributed by atoms with Gasteiger partial charge >= 0.3 is 6.36 Å². The number of ether oxygens (including phenoxy) is 2. The van der Waals surface area contributed by atoms with Crippen molar-refractivity contribution in [3.8, 4) is 5.75 Å². The summed E-state index contributed by atoms with van der Waals surface area (Å²) in [5.74, 6) is -0.878. The molecule has 32 heavy (non-hydrogen) atoms. The van der Waals surface area contributed by atoms with E-state index in [1.54, 1.807) is 4.57 Å². The molecule has 1 aliphatic heterocycles. The molecule has 0 radical (unpaired) electrons. The van der Waals surface area contributed by atoms with Crippen molar-refractivity contribution in [1.82, 2.24) is 9.55 Å². The van der Waals surface area contributed by atoms with Crippen molar-refractivity contribution in [2.75, 3.05) is 30.5 Å². The van der Waals surface area contributed by atoms with E-state index in [9.17, 15) is 22.8 Å². The number of carbonyl (C=O) groups excluding carboxylic acids is 2. The topological polar surface area (TPSA) is 85.7 Å². The minimum Gasteiger partial charge on any atom is -0.406 e. The highest BCUT2D eigenvalue weighted by molar-refractivity contribution is 6.05. The van der Waals surface area contributed by atoms with Crippen LogP contribution in [0.3, 0.4) is 0 Å². The van der Waals surface area contributed by atoms with Gasteiger partial charge < -0.3 is 14.8 Å². The number of hydrogen-bond acceptors (Lipinski definition) is 5. The Morgan fingerprint density at radius 1 is 1.19 bits per heavy atom. The Bertz CT molecular complexity index is 1160. The third kappa shape index (κ3) is 4.37. The van der Waals surface area contributed by atoms with Gasteiger partial charge in [0.1, 0.15) is 11.8 Å². The molecular formula is C21H19F3N4O4. The molecule has 1 aromatic heterocycles. The lowest BCUT2D eigenvalue weighted by Gasteiger charge is -2.15. The average molecular weight is 448 g/mol. The molecule has 11 heteroatoms. The minimum absolute atomic E-state index is 0.120. The number of anilines is 2. The number of carbonyl (C=O) groups is 2. The van der Waals surface area contributed by atoms with Gasteiger partial charge in [0.25, 0.3) is 5.91 Å². The van der Waals surface area contributed by atoms with Crippen molar-refractivity contribution < 1.29 is 32.2 Å². The van der Waals surface area contributed by atoms with Crippen molar-refractivity contribution in [3.05, 3.63) is 48.5 Å². The summed E-state index contributed by atoms with van der Waals surface area (Å²) in [5.41, 5.74) is 1.50. The van der Waals surface area contributed by atoms with Crippen LogP contribution >= 0.6 is 0 Å². The van der Waals surface area contributed by atoms with E-state index < -0.39 is 24.1 Å². The first-order valence-corrected chi connectivity index (χ1v) is 9.70. The molecule has 0 bridgehead atoms. The van der Waals surface area contributed by atoms with E-state index >= 15 is 0 Å². The number of methoxy groups -OCH3 is 1. The summed E-state index contributed by atoms with van der Waals surface area (Å²) in [5, 5.41) is 2.53. The summed E-state index contributed by atoms with van der Waals surface area (Å²) >= 11 is 0. The smallest absolute Gasteiger partial charge is 0.406 e. The van der Waals surface area contributed by atoms with Gasteiger partial charge in [-0.05, 0) is 24.3 Å². The molecule has 4 rings (SSSR count). The SMILES string of the molecule is COCCN1C(=O)[C@H](CC(=O)Nc2cccc(OC(F)(F)F)c2)n2c1nc1ccccc12. The number of alkyl halides is 3. The van der Waals surface area contributed by atoms with Gasteiger partial charge in [-0.2, -0.15) is 0 Å². The van der Waals surface area contributed by atoms with Crippen molar-refractivity contribution >= 4 is 34.5 Å². The molecule has 0 saturated heterocycles. The summed E-state index contributed by atoms with van der Waals surface area (Å²) in [4.78, 5) is 31.7. The number of nitrogens with one attached hydrogen (secondary N) is 1. The van der Waals surface area contributed by atoms with Gasteiger partial charge in [0.15, 0.2) is 0 Å². The van der Waals surface area contributed by atoms with Gasteiger partial charge in [-0.15, -0.1) is 13.2 Å². The van der Waals surface area contributed by atoms with Gasteiger partial charge in [-0.3, -0.25) is 19.1 Å². The predicted molar refractivity (Wildman–Crippen MR) is 109 cm³/mol. The van der Waals surface area contributed by atoms with Gasteiger partial charge in [0.2, 0.25) is 11.9 Å². The molecule has 1 aliphatic rings. The third-order valence-corrected chi connectivity index (χ3v) is 4.93. The molecule has 2 heterocycles. The number of amides is 2. The molecule has 0 fully saturated rings. The molecule has 168 valence electrons. The van der Waals surface area contributed by atoms with Crippen LogP contribution in [0, 0.1) is 0 Å². The fourth-order valence-corrected chi connectivity index (χ4v) is 3.65. The largest absolute Gasteiger partial charge is 0.573 e. The van der Waals surface area contributed by atoms with Gasteiger partial charge in [0, 0.05) is 18.9 Å². The molecule has 0 saturated carbocycles. The average Bonchev–Trinajstić information content (AvgIpc) is 3.20. The summed E-state index contributed by atoms with van der Waals surface area (Å²) in [6.45, 7) is 0.563. The summed E-state index contributed by atoms with van der Waals surface area (Å²) in [6.07, 6.45) is -5.07. The minimum atomic E-state index is -4.84. The van der Waals surface area contributed by atoms with Crippen molar-refractivity contribution in [2.24, 2.45) is 0 Å². The number of imidazole rings is 1. The van der Waals surface area contributed by atoms with E-state index in [1.165, 1.54) is 24.1 Å². The molecule has 2 aromatic carbocycles. The number of nitrogens with zero attached hydrogens (tertiary/aromatic N) is 3. The van der Waals surface area contributed by atoms with Crippen LogP contribution in [0.25, 0.3) is 11.0 Å². The fraction of sp³-hybridized carbons (Fsp3) is 0.286. The first kappa shape index (κ1) is 21.6. The second kappa shape index (κ2) is 8.50. The molecular weight excluding hydrogens is 429 g/mol. The Morgan fingerprint density at radius 2 is 1.97 bits per heavy atom. The fourth-order valence-electron chi connectivity index (χ4n) is 3.65. The Morgan fingerprint density at radius 3 is 2.72 bits per heavy atom. The number of para-hydroxylation sites is 2. The van der Waals surface area contributed by atoms with Crippen LogP contribution in [-0.2, 0) is 14.3 Å². The maximum Gasteiger partial charge on any atom is 0.573 e. The highest BCUT2D eigenvalue weighted by atomic mass is 19.4. The molecule has 1 N–H and O–H groups in total. The molecule has 0 spiro atoms. The number of fused-ring (bicyclic) bond motifs is 3. The second-order valence-corrected chi connectivity index (χ2v) is 7.10. The number of halogens is 3. The Labute approximate surface area is 180 Å². The number of benzene rings is 2. The molecule has 1 atom stereocenters. The predicted octanol–water partition coefficient (Wildman–Crippen LogP) is 3.50. The number of rotatable bonds is 7. The lowest BCUT2D eigenvalue weighted by molar-refractivity contribution is -0.274. The second-order valence-electron chi connectivity index (χ2n) is 7.10. The summed E-state index contributed by atoms with van der Waals surface area (Å²) in [7, 11) is 1.52. The van der Waals surface area contributed by atoms with Crippen molar-refractivity contribution in [1.29, 1.82) is 0 Å². The summed E-state index contributed by atoms with van der Waals surface area (Å²) in [6, 6.07) is 11.3.